The van der Waals surface area contributed by atoms with Gasteiger partial charge in [-0.15, -0.1) is 0 Å². The summed E-state index contributed by atoms with van der Waals surface area (Å²) in [7, 11) is 0. The maximum absolute atomic E-state index is 5.99. The summed E-state index contributed by atoms with van der Waals surface area (Å²) >= 11 is 5.14. The van der Waals surface area contributed by atoms with Gasteiger partial charge in [-0.05, 0) is 52.2 Å². The Hall–Kier alpha value is -0.840. The maximum atomic E-state index is 5.99. The van der Waals surface area contributed by atoms with Crippen molar-refractivity contribution in [2.24, 2.45) is 5.73 Å². The fraction of sp³-hybridized carbons (Fsp3) is 0.214. The normalized spacial score (nSPS) is 12.4. The molecule has 4 heteroatoms. The number of halogens is 1. The van der Waals surface area contributed by atoms with Gasteiger partial charge in [0.1, 0.15) is 5.03 Å². The third kappa shape index (κ3) is 3.34. The van der Waals surface area contributed by atoms with Crippen LogP contribution in [-0.4, -0.2) is 4.98 Å². The van der Waals surface area contributed by atoms with Gasteiger partial charge < -0.3 is 5.73 Å². The number of nitrogens with zero attached hydrogens (tertiary/aromatic N) is 1. The van der Waals surface area contributed by atoms with E-state index in [-0.39, 0.29) is 6.04 Å². The van der Waals surface area contributed by atoms with Gasteiger partial charge in [0.25, 0.3) is 0 Å². The number of hydrogen-bond donors (Lipinski definition) is 1. The third-order valence-electron chi connectivity index (χ3n) is 2.69. The highest BCUT2D eigenvalue weighted by molar-refractivity contribution is 9.10. The molecule has 0 aliphatic carbocycles. The second kappa shape index (κ2) is 6.36. The highest BCUT2D eigenvalue weighted by Gasteiger charge is 2.05. The number of benzene rings is 1. The van der Waals surface area contributed by atoms with E-state index < -0.39 is 0 Å². The Morgan fingerprint density at radius 3 is 2.61 bits per heavy atom. The van der Waals surface area contributed by atoms with Crippen LogP contribution in [-0.2, 0) is 0 Å². The van der Waals surface area contributed by atoms with Gasteiger partial charge in [-0.2, -0.15) is 0 Å². The van der Waals surface area contributed by atoms with Crippen molar-refractivity contribution in [3.63, 3.8) is 0 Å². The first-order valence-electron chi connectivity index (χ1n) is 5.84. The Kier molecular flexibility index (Phi) is 4.80. The van der Waals surface area contributed by atoms with E-state index in [0.29, 0.717) is 0 Å². The summed E-state index contributed by atoms with van der Waals surface area (Å²) in [6, 6.07) is 12.4. The molecule has 2 nitrogen and oxygen atoms in total. The van der Waals surface area contributed by atoms with Crippen LogP contribution in [0.25, 0.3) is 0 Å². The number of pyridine rings is 1. The Labute approximate surface area is 120 Å². The van der Waals surface area contributed by atoms with Gasteiger partial charge in [0, 0.05) is 17.1 Å². The molecule has 0 spiro atoms. The lowest BCUT2D eigenvalue weighted by Crippen LogP contribution is -2.07. The largest absolute Gasteiger partial charge is 0.324 e. The van der Waals surface area contributed by atoms with Gasteiger partial charge in [0.05, 0.1) is 4.47 Å². The minimum Gasteiger partial charge on any atom is -0.324 e. The fourth-order valence-electron chi connectivity index (χ4n) is 1.58. The molecule has 0 saturated carbocycles. The van der Waals surface area contributed by atoms with E-state index >= 15 is 0 Å². The molecule has 1 heterocycles. The van der Waals surface area contributed by atoms with Gasteiger partial charge in [0.15, 0.2) is 0 Å². The first kappa shape index (κ1) is 13.6. The predicted octanol–water partition coefficient (Wildman–Crippen LogP) is 4.41. The van der Waals surface area contributed by atoms with Crippen molar-refractivity contribution in [3.8, 4) is 0 Å². The first-order valence-corrected chi connectivity index (χ1v) is 7.45. The lowest BCUT2D eigenvalue weighted by atomic mass is 10.1. The zero-order valence-electron chi connectivity index (χ0n) is 10.1. The lowest BCUT2D eigenvalue weighted by molar-refractivity contribution is 0.698. The number of rotatable bonds is 4. The minimum atomic E-state index is 0.130. The maximum Gasteiger partial charge on any atom is 0.115 e. The van der Waals surface area contributed by atoms with Crippen LogP contribution in [0.4, 0.5) is 0 Å². The molecule has 0 bridgehead atoms. The minimum absolute atomic E-state index is 0.130. The van der Waals surface area contributed by atoms with Crippen LogP contribution in [0.1, 0.15) is 24.9 Å². The molecule has 2 rings (SSSR count). The van der Waals surface area contributed by atoms with E-state index in [2.05, 4.69) is 52.1 Å². The van der Waals surface area contributed by atoms with E-state index in [9.17, 15) is 0 Å². The molecule has 94 valence electrons. The van der Waals surface area contributed by atoms with Gasteiger partial charge in [-0.3, -0.25) is 0 Å². The molecular formula is C14H15BrN2S. The second-order valence-corrected chi connectivity index (χ2v) is 5.89. The first-order chi connectivity index (χ1) is 8.70. The average molecular weight is 323 g/mol. The molecule has 18 heavy (non-hydrogen) atoms. The van der Waals surface area contributed by atoms with Crippen molar-refractivity contribution in [2.75, 3.05) is 0 Å². The third-order valence-corrected chi connectivity index (χ3v) is 4.62. The van der Waals surface area contributed by atoms with Crippen molar-refractivity contribution in [1.29, 1.82) is 0 Å². The summed E-state index contributed by atoms with van der Waals surface area (Å²) in [6.45, 7) is 2.10. The highest BCUT2D eigenvalue weighted by atomic mass is 79.9. The molecule has 0 saturated heterocycles. The van der Waals surface area contributed by atoms with Crippen LogP contribution >= 0.6 is 27.7 Å². The van der Waals surface area contributed by atoms with Gasteiger partial charge >= 0.3 is 0 Å². The molecule has 2 N–H and O–H groups in total. The molecule has 1 aromatic carbocycles. The Balaban J connectivity index is 2.14. The Bertz CT molecular complexity index is 513. The molecule has 0 aliphatic rings. The van der Waals surface area contributed by atoms with Gasteiger partial charge in [0.2, 0.25) is 0 Å². The topological polar surface area (TPSA) is 38.9 Å². The van der Waals surface area contributed by atoms with E-state index in [1.54, 1.807) is 18.0 Å². The molecule has 0 radical (unpaired) electrons. The predicted molar refractivity (Wildman–Crippen MR) is 79.7 cm³/mol. The number of nitrogens with two attached hydrogens (primary N) is 1. The summed E-state index contributed by atoms with van der Waals surface area (Å²) in [5.74, 6) is 0. The Morgan fingerprint density at radius 2 is 2.00 bits per heavy atom. The molecule has 0 aliphatic heterocycles. The summed E-state index contributed by atoms with van der Waals surface area (Å²) in [5.41, 5.74) is 7.18. The zero-order valence-corrected chi connectivity index (χ0v) is 12.5. The van der Waals surface area contributed by atoms with E-state index in [1.807, 2.05) is 12.1 Å². The summed E-state index contributed by atoms with van der Waals surface area (Å²) < 4.78 is 1.02. The van der Waals surface area contributed by atoms with Crippen molar-refractivity contribution < 1.29 is 0 Å². The monoisotopic (exact) mass is 322 g/mol. The number of aromatic nitrogens is 1. The van der Waals surface area contributed by atoms with E-state index in [1.165, 1.54) is 10.5 Å². The SMILES string of the molecule is CC[C@@H](N)c1ccc(Sc2ncccc2Br)cc1. The van der Waals surface area contributed by atoms with Crippen molar-refractivity contribution in [3.05, 3.63) is 52.6 Å². The average Bonchev–Trinajstić information content (AvgIpc) is 2.41. The summed E-state index contributed by atoms with van der Waals surface area (Å²) in [4.78, 5) is 5.51. The van der Waals surface area contributed by atoms with E-state index in [0.717, 1.165) is 15.9 Å². The molecule has 0 unspecified atom stereocenters. The fourth-order valence-corrected chi connectivity index (χ4v) is 2.85. The van der Waals surface area contributed by atoms with Gasteiger partial charge in [-0.1, -0.05) is 30.8 Å². The standard InChI is InChI=1S/C14H15BrN2S/c1-2-13(16)10-5-7-11(8-6-10)18-14-12(15)4-3-9-17-14/h3-9,13H,2,16H2,1H3/t13-/m1/s1. The quantitative estimate of drug-likeness (QED) is 0.906. The van der Waals surface area contributed by atoms with Crippen LogP contribution in [0, 0.1) is 0 Å². The number of hydrogen-bond acceptors (Lipinski definition) is 3. The van der Waals surface area contributed by atoms with Crippen molar-refractivity contribution >= 4 is 27.7 Å². The molecule has 0 amide bonds. The van der Waals surface area contributed by atoms with Crippen LogP contribution in [0.3, 0.4) is 0 Å². The van der Waals surface area contributed by atoms with Crippen LogP contribution in [0.15, 0.2) is 57.0 Å². The molecule has 1 atom stereocenters. The highest BCUT2D eigenvalue weighted by Crippen LogP contribution is 2.31. The molecule has 1 aromatic heterocycles. The summed E-state index contributed by atoms with van der Waals surface area (Å²) in [6.07, 6.45) is 2.76. The summed E-state index contributed by atoms with van der Waals surface area (Å²) in [5, 5.41) is 0.977. The van der Waals surface area contributed by atoms with Crippen LogP contribution in [0.5, 0.6) is 0 Å². The molecule has 2 aromatic rings. The second-order valence-electron chi connectivity index (χ2n) is 3.98. The zero-order chi connectivity index (χ0) is 13.0. The van der Waals surface area contributed by atoms with Crippen LogP contribution < -0.4 is 5.73 Å². The lowest BCUT2D eigenvalue weighted by Gasteiger charge is -2.09. The smallest absolute Gasteiger partial charge is 0.115 e. The molecule has 0 fully saturated rings. The van der Waals surface area contributed by atoms with Gasteiger partial charge in [-0.25, -0.2) is 4.98 Å². The van der Waals surface area contributed by atoms with Crippen LogP contribution in [0.2, 0.25) is 0 Å². The van der Waals surface area contributed by atoms with E-state index in [4.69, 9.17) is 5.73 Å². The Morgan fingerprint density at radius 1 is 1.28 bits per heavy atom. The van der Waals surface area contributed by atoms with Crippen molar-refractivity contribution in [2.45, 2.75) is 29.3 Å². The van der Waals surface area contributed by atoms with Crippen molar-refractivity contribution in [1.82, 2.24) is 4.98 Å². The molecular weight excluding hydrogens is 308 g/mol.